The second kappa shape index (κ2) is 6.66. The molecule has 2 aliphatic rings. The number of benzene rings is 1. The standard InChI is InChI=1S/C14H17ClN2O2.ClH/c15-10-3-4-11-12(2-1-5-19-13(11)6-10)17-14(18)9-7-16-8-9;/h3-4,6,9,12,16H,1-2,5,7-8H2,(H,17,18);1H. The van der Waals surface area contributed by atoms with Crippen LogP contribution in [0.4, 0.5) is 0 Å². The van der Waals surface area contributed by atoms with Crippen molar-refractivity contribution in [3.05, 3.63) is 28.8 Å². The monoisotopic (exact) mass is 316 g/mol. The number of rotatable bonds is 2. The molecule has 2 heterocycles. The van der Waals surface area contributed by atoms with E-state index in [-0.39, 0.29) is 30.3 Å². The Balaban J connectivity index is 0.00000147. The zero-order valence-corrected chi connectivity index (χ0v) is 12.6. The number of fused-ring (bicyclic) bond motifs is 1. The van der Waals surface area contributed by atoms with E-state index in [1.165, 1.54) is 0 Å². The van der Waals surface area contributed by atoms with Gasteiger partial charge in [-0.25, -0.2) is 0 Å². The lowest BCUT2D eigenvalue weighted by Gasteiger charge is -2.28. The van der Waals surface area contributed by atoms with Crippen LogP contribution in [-0.4, -0.2) is 25.6 Å². The van der Waals surface area contributed by atoms with E-state index in [1.807, 2.05) is 18.2 Å². The summed E-state index contributed by atoms with van der Waals surface area (Å²) in [7, 11) is 0. The molecule has 3 rings (SSSR count). The Kier molecular flexibility index (Phi) is 5.13. The van der Waals surface area contributed by atoms with Gasteiger partial charge in [0.05, 0.1) is 18.6 Å². The minimum Gasteiger partial charge on any atom is -0.493 e. The van der Waals surface area contributed by atoms with Crippen molar-refractivity contribution in [2.75, 3.05) is 19.7 Å². The van der Waals surface area contributed by atoms with Crippen molar-refractivity contribution in [2.24, 2.45) is 5.92 Å². The number of hydrogen-bond acceptors (Lipinski definition) is 3. The molecule has 4 nitrogen and oxygen atoms in total. The molecule has 1 unspecified atom stereocenters. The number of halogens is 2. The summed E-state index contributed by atoms with van der Waals surface area (Å²) >= 11 is 5.99. The van der Waals surface area contributed by atoms with E-state index >= 15 is 0 Å². The van der Waals surface area contributed by atoms with Crippen LogP contribution in [0.2, 0.25) is 5.02 Å². The summed E-state index contributed by atoms with van der Waals surface area (Å²) in [5, 5.41) is 6.91. The molecule has 0 spiro atoms. The zero-order valence-electron chi connectivity index (χ0n) is 11.0. The molecule has 0 aromatic heterocycles. The molecule has 1 saturated heterocycles. The summed E-state index contributed by atoms with van der Waals surface area (Å²) < 4.78 is 5.69. The Morgan fingerprint density at radius 3 is 2.90 bits per heavy atom. The van der Waals surface area contributed by atoms with Crippen molar-refractivity contribution in [3.63, 3.8) is 0 Å². The first kappa shape index (κ1) is 15.4. The summed E-state index contributed by atoms with van der Waals surface area (Å²) in [4.78, 5) is 12.1. The van der Waals surface area contributed by atoms with Crippen LogP contribution in [0.1, 0.15) is 24.4 Å². The SMILES string of the molecule is Cl.O=C(NC1CCCOc2cc(Cl)ccc21)C1CNC1. The molecule has 0 bridgehead atoms. The highest BCUT2D eigenvalue weighted by atomic mass is 35.5. The molecule has 0 aliphatic carbocycles. The molecule has 1 atom stereocenters. The van der Waals surface area contributed by atoms with Crippen molar-refractivity contribution < 1.29 is 9.53 Å². The first-order chi connectivity index (χ1) is 9.24. The molecule has 1 aromatic carbocycles. The van der Waals surface area contributed by atoms with E-state index in [0.717, 1.165) is 37.2 Å². The van der Waals surface area contributed by atoms with Gasteiger partial charge in [0, 0.05) is 23.7 Å². The van der Waals surface area contributed by atoms with Crippen LogP contribution in [0.3, 0.4) is 0 Å². The highest BCUT2D eigenvalue weighted by Gasteiger charge is 2.28. The summed E-state index contributed by atoms with van der Waals surface area (Å²) in [6.45, 7) is 2.23. The largest absolute Gasteiger partial charge is 0.493 e. The van der Waals surface area contributed by atoms with Gasteiger partial charge in [-0.2, -0.15) is 0 Å². The molecule has 2 aliphatic heterocycles. The second-order valence-corrected chi connectivity index (χ2v) is 5.53. The fraction of sp³-hybridized carbons (Fsp3) is 0.500. The molecule has 2 N–H and O–H groups in total. The molecule has 110 valence electrons. The van der Waals surface area contributed by atoms with Crippen molar-refractivity contribution in [2.45, 2.75) is 18.9 Å². The topological polar surface area (TPSA) is 50.4 Å². The molecule has 6 heteroatoms. The Labute approximate surface area is 129 Å². The van der Waals surface area contributed by atoms with E-state index in [4.69, 9.17) is 16.3 Å². The van der Waals surface area contributed by atoms with Crippen LogP contribution in [-0.2, 0) is 4.79 Å². The Morgan fingerprint density at radius 2 is 2.20 bits per heavy atom. The van der Waals surface area contributed by atoms with Gasteiger partial charge >= 0.3 is 0 Å². The predicted octanol–water partition coefficient (Wildman–Crippen LogP) is 2.31. The molecular formula is C14H18Cl2N2O2. The van der Waals surface area contributed by atoms with Crippen LogP contribution >= 0.6 is 24.0 Å². The third-order valence-electron chi connectivity index (χ3n) is 3.71. The number of ether oxygens (including phenoxy) is 1. The molecule has 1 amide bonds. The first-order valence-electron chi connectivity index (χ1n) is 6.67. The molecule has 0 radical (unpaired) electrons. The van der Waals surface area contributed by atoms with Gasteiger partial charge in [0.1, 0.15) is 5.75 Å². The third kappa shape index (κ3) is 3.19. The molecule has 20 heavy (non-hydrogen) atoms. The highest BCUT2D eigenvalue weighted by molar-refractivity contribution is 6.30. The van der Waals surface area contributed by atoms with Crippen LogP contribution in [0, 0.1) is 5.92 Å². The molecular weight excluding hydrogens is 299 g/mol. The summed E-state index contributed by atoms with van der Waals surface area (Å²) in [5.74, 6) is 1.04. The highest BCUT2D eigenvalue weighted by Crippen LogP contribution is 2.33. The van der Waals surface area contributed by atoms with E-state index in [2.05, 4.69) is 10.6 Å². The van der Waals surface area contributed by atoms with Gasteiger partial charge in [-0.05, 0) is 25.0 Å². The number of carbonyl (C=O) groups is 1. The van der Waals surface area contributed by atoms with Gasteiger partial charge in [0.2, 0.25) is 5.91 Å². The maximum Gasteiger partial charge on any atom is 0.226 e. The maximum atomic E-state index is 12.1. The van der Waals surface area contributed by atoms with Gasteiger partial charge in [0.15, 0.2) is 0 Å². The second-order valence-electron chi connectivity index (χ2n) is 5.09. The van der Waals surface area contributed by atoms with Crippen LogP contribution < -0.4 is 15.4 Å². The van der Waals surface area contributed by atoms with Gasteiger partial charge in [-0.15, -0.1) is 12.4 Å². The van der Waals surface area contributed by atoms with E-state index < -0.39 is 0 Å². The average Bonchev–Trinajstić information content (AvgIpc) is 2.49. The van der Waals surface area contributed by atoms with Crippen molar-refractivity contribution in [3.8, 4) is 5.75 Å². The quantitative estimate of drug-likeness (QED) is 0.880. The fourth-order valence-electron chi connectivity index (χ4n) is 2.46. The summed E-state index contributed by atoms with van der Waals surface area (Å²) in [5.41, 5.74) is 1.03. The predicted molar refractivity (Wildman–Crippen MR) is 80.7 cm³/mol. The van der Waals surface area contributed by atoms with E-state index in [1.54, 1.807) is 0 Å². The lowest BCUT2D eigenvalue weighted by atomic mass is 9.98. The Bertz CT molecular complexity index is 492. The fourth-order valence-corrected chi connectivity index (χ4v) is 2.62. The van der Waals surface area contributed by atoms with Crippen LogP contribution in [0.5, 0.6) is 5.75 Å². The average molecular weight is 317 g/mol. The van der Waals surface area contributed by atoms with Crippen molar-refractivity contribution >= 4 is 29.9 Å². The van der Waals surface area contributed by atoms with Gasteiger partial charge in [-0.3, -0.25) is 4.79 Å². The van der Waals surface area contributed by atoms with Crippen LogP contribution in [0.25, 0.3) is 0 Å². The number of carbonyl (C=O) groups excluding carboxylic acids is 1. The zero-order chi connectivity index (χ0) is 13.2. The smallest absolute Gasteiger partial charge is 0.226 e. The summed E-state index contributed by atoms with van der Waals surface area (Å²) in [6.07, 6.45) is 1.83. The van der Waals surface area contributed by atoms with E-state index in [9.17, 15) is 4.79 Å². The van der Waals surface area contributed by atoms with Gasteiger partial charge in [0.25, 0.3) is 0 Å². The number of hydrogen-bond donors (Lipinski definition) is 2. The first-order valence-corrected chi connectivity index (χ1v) is 7.05. The third-order valence-corrected chi connectivity index (χ3v) is 3.95. The Morgan fingerprint density at radius 1 is 1.40 bits per heavy atom. The van der Waals surface area contributed by atoms with Crippen LogP contribution in [0.15, 0.2) is 18.2 Å². The summed E-state index contributed by atoms with van der Waals surface area (Å²) in [6, 6.07) is 5.65. The Hall–Kier alpha value is -0.970. The maximum absolute atomic E-state index is 12.1. The lowest BCUT2D eigenvalue weighted by molar-refractivity contribution is -0.127. The number of nitrogens with one attached hydrogen (secondary N) is 2. The molecule has 0 saturated carbocycles. The van der Waals surface area contributed by atoms with Gasteiger partial charge < -0.3 is 15.4 Å². The van der Waals surface area contributed by atoms with Gasteiger partial charge in [-0.1, -0.05) is 17.7 Å². The molecule has 1 fully saturated rings. The molecule has 1 aromatic rings. The lowest BCUT2D eigenvalue weighted by Crippen LogP contribution is -2.51. The minimum absolute atomic E-state index is 0. The van der Waals surface area contributed by atoms with E-state index in [0.29, 0.717) is 11.6 Å². The minimum atomic E-state index is 0. The normalized spacial score (nSPS) is 21.6. The van der Waals surface area contributed by atoms with Crippen molar-refractivity contribution in [1.29, 1.82) is 0 Å². The number of amides is 1. The van der Waals surface area contributed by atoms with Crippen molar-refractivity contribution in [1.82, 2.24) is 10.6 Å².